The molecule has 4 heteroatoms. The molecule has 1 heterocycles. The zero-order valence-corrected chi connectivity index (χ0v) is 12.1. The van der Waals surface area contributed by atoms with Crippen LogP contribution in [0.25, 0.3) is 0 Å². The molecule has 0 aliphatic carbocycles. The van der Waals surface area contributed by atoms with E-state index in [-0.39, 0.29) is 23.2 Å². The Balaban J connectivity index is 2.60. The maximum atomic E-state index is 6.24. The first-order chi connectivity index (χ1) is 7.71. The largest absolute Gasteiger partial charge is 0.377 e. The van der Waals surface area contributed by atoms with Crippen molar-refractivity contribution in [2.45, 2.75) is 45.4 Å². The molecule has 0 aromatic rings. The van der Waals surface area contributed by atoms with Gasteiger partial charge in [-0.05, 0) is 19.3 Å². The van der Waals surface area contributed by atoms with Gasteiger partial charge < -0.3 is 15.2 Å². The summed E-state index contributed by atoms with van der Waals surface area (Å²) in [5, 5.41) is 0. The van der Waals surface area contributed by atoms with Gasteiger partial charge in [-0.1, -0.05) is 13.8 Å². The third-order valence-corrected chi connectivity index (χ3v) is 4.26. The van der Waals surface area contributed by atoms with Gasteiger partial charge in [0.25, 0.3) is 0 Å². The van der Waals surface area contributed by atoms with Crippen LogP contribution in [0.5, 0.6) is 0 Å². The van der Waals surface area contributed by atoms with Crippen molar-refractivity contribution in [1.29, 1.82) is 0 Å². The number of likely N-dealkylation sites (tertiary alicyclic amines) is 1. The molecular formula is C13H28N2O2. The van der Waals surface area contributed by atoms with Crippen molar-refractivity contribution in [3.05, 3.63) is 0 Å². The van der Waals surface area contributed by atoms with Crippen molar-refractivity contribution in [3.8, 4) is 0 Å². The van der Waals surface area contributed by atoms with Crippen LogP contribution in [0.1, 0.15) is 27.7 Å². The Morgan fingerprint density at radius 3 is 1.76 bits per heavy atom. The summed E-state index contributed by atoms with van der Waals surface area (Å²) in [6.45, 7) is 11.4. The average Bonchev–Trinajstić information content (AvgIpc) is 2.57. The molecule has 1 aliphatic rings. The van der Waals surface area contributed by atoms with E-state index in [1.165, 1.54) is 0 Å². The Morgan fingerprint density at radius 2 is 1.47 bits per heavy atom. The molecule has 1 aliphatic heterocycles. The highest BCUT2D eigenvalue weighted by Crippen LogP contribution is 2.31. The first-order valence-electron chi connectivity index (χ1n) is 6.28. The number of nitrogens with two attached hydrogens (primary N) is 1. The maximum absolute atomic E-state index is 6.24. The Morgan fingerprint density at radius 1 is 1.06 bits per heavy atom. The van der Waals surface area contributed by atoms with Crippen molar-refractivity contribution in [2.24, 2.45) is 11.1 Å². The smallest absolute Gasteiger partial charge is 0.0971 e. The highest BCUT2D eigenvalue weighted by Gasteiger charge is 2.40. The number of methoxy groups -OCH3 is 2. The number of hydrogen-bond acceptors (Lipinski definition) is 4. The zero-order valence-electron chi connectivity index (χ0n) is 12.1. The number of ether oxygens (including phenoxy) is 2. The highest BCUT2D eigenvalue weighted by atomic mass is 16.5. The van der Waals surface area contributed by atoms with Crippen LogP contribution in [0.15, 0.2) is 0 Å². The first-order valence-corrected chi connectivity index (χ1v) is 6.28. The summed E-state index contributed by atoms with van der Waals surface area (Å²) in [5.41, 5.74) is 6.11. The van der Waals surface area contributed by atoms with Gasteiger partial charge in [0.05, 0.1) is 12.2 Å². The van der Waals surface area contributed by atoms with Crippen molar-refractivity contribution in [3.63, 3.8) is 0 Å². The van der Waals surface area contributed by atoms with Gasteiger partial charge in [-0.3, -0.25) is 4.90 Å². The van der Waals surface area contributed by atoms with Crippen LogP contribution in [-0.4, -0.2) is 56.5 Å². The van der Waals surface area contributed by atoms with E-state index < -0.39 is 0 Å². The van der Waals surface area contributed by atoms with Crippen molar-refractivity contribution in [1.82, 2.24) is 4.90 Å². The van der Waals surface area contributed by atoms with Gasteiger partial charge in [0.1, 0.15) is 0 Å². The van der Waals surface area contributed by atoms with E-state index >= 15 is 0 Å². The fourth-order valence-corrected chi connectivity index (χ4v) is 2.16. The minimum absolute atomic E-state index is 0.0634. The summed E-state index contributed by atoms with van der Waals surface area (Å²) < 4.78 is 10.9. The van der Waals surface area contributed by atoms with Crippen molar-refractivity contribution >= 4 is 0 Å². The van der Waals surface area contributed by atoms with Crippen LogP contribution in [-0.2, 0) is 9.47 Å². The fraction of sp³-hybridized carbons (Fsp3) is 1.00. The average molecular weight is 244 g/mol. The van der Waals surface area contributed by atoms with Gasteiger partial charge in [0, 0.05) is 39.4 Å². The molecule has 0 radical (unpaired) electrons. The molecule has 0 amide bonds. The predicted molar refractivity (Wildman–Crippen MR) is 70.1 cm³/mol. The highest BCUT2D eigenvalue weighted by molar-refractivity contribution is 4.95. The minimum Gasteiger partial charge on any atom is -0.377 e. The van der Waals surface area contributed by atoms with Gasteiger partial charge in [-0.15, -0.1) is 0 Å². The monoisotopic (exact) mass is 244 g/mol. The quantitative estimate of drug-likeness (QED) is 0.786. The van der Waals surface area contributed by atoms with Crippen LogP contribution < -0.4 is 5.73 Å². The van der Waals surface area contributed by atoms with Crippen LogP contribution in [0.3, 0.4) is 0 Å². The molecule has 0 spiro atoms. The zero-order chi connectivity index (χ0) is 13.3. The van der Waals surface area contributed by atoms with E-state index in [4.69, 9.17) is 15.2 Å². The third kappa shape index (κ3) is 3.41. The van der Waals surface area contributed by atoms with Gasteiger partial charge in [-0.2, -0.15) is 0 Å². The molecule has 102 valence electrons. The Bertz CT molecular complexity index is 236. The van der Waals surface area contributed by atoms with Gasteiger partial charge in [-0.25, -0.2) is 0 Å². The SMILES string of the molecule is COC1CN(CC(C)(C)C(C)(C)N)CC1OC. The summed E-state index contributed by atoms with van der Waals surface area (Å²) in [7, 11) is 3.50. The van der Waals surface area contributed by atoms with Gasteiger partial charge in [0.2, 0.25) is 0 Å². The van der Waals surface area contributed by atoms with Crippen LogP contribution >= 0.6 is 0 Å². The van der Waals surface area contributed by atoms with E-state index in [0.29, 0.717) is 0 Å². The van der Waals surface area contributed by atoms with Gasteiger partial charge >= 0.3 is 0 Å². The van der Waals surface area contributed by atoms with Crippen LogP contribution in [0.2, 0.25) is 0 Å². The standard InChI is InChI=1S/C13H28N2O2/c1-12(2,13(3,4)14)9-15-7-10(16-5)11(8-15)17-6/h10-11H,7-9,14H2,1-6H3. The second kappa shape index (κ2) is 5.22. The van der Waals surface area contributed by atoms with E-state index in [9.17, 15) is 0 Å². The number of rotatable bonds is 5. The second-order valence-corrected chi connectivity index (χ2v) is 6.35. The summed E-state index contributed by atoms with van der Waals surface area (Å²) in [6, 6.07) is 0. The molecule has 1 rings (SSSR count). The lowest BCUT2D eigenvalue weighted by molar-refractivity contribution is -0.00461. The molecule has 2 atom stereocenters. The summed E-state index contributed by atoms with van der Waals surface area (Å²) in [5.74, 6) is 0. The molecule has 0 saturated carbocycles. The minimum atomic E-state index is -0.194. The lowest BCUT2D eigenvalue weighted by Crippen LogP contribution is -2.52. The molecule has 4 nitrogen and oxygen atoms in total. The maximum Gasteiger partial charge on any atom is 0.0971 e. The Kier molecular flexibility index (Phi) is 4.58. The fourth-order valence-electron chi connectivity index (χ4n) is 2.16. The molecule has 0 bridgehead atoms. The Hall–Kier alpha value is -0.160. The number of hydrogen-bond donors (Lipinski definition) is 1. The van der Waals surface area contributed by atoms with E-state index in [1.807, 2.05) is 0 Å². The molecule has 2 N–H and O–H groups in total. The molecule has 1 saturated heterocycles. The normalized spacial score (nSPS) is 27.7. The summed E-state index contributed by atoms with van der Waals surface area (Å²) in [4.78, 5) is 2.39. The summed E-state index contributed by atoms with van der Waals surface area (Å²) in [6.07, 6.45) is 0.355. The lowest BCUT2D eigenvalue weighted by Gasteiger charge is -2.41. The van der Waals surface area contributed by atoms with E-state index in [0.717, 1.165) is 19.6 Å². The first kappa shape index (κ1) is 14.9. The molecule has 0 aromatic heterocycles. The predicted octanol–water partition coefficient (Wildman–Crippen LogP) is 1.10. The molecule has 17 heavy (non-hydrogen) atoms. The number of nitrogens with zero attached hydrogens (tertiary/aromatic N) is 1. The molecule has 0 aromatic carbocycles. The second-order valence-electron chi connectivity index (χ2n) is 6.35. The third-order valence-electron chi connectivity index (χ3n) is 4.26. The lowest BCUT2D eigenvalue weighted by atomic mass is 9.75. The van der Waals surface area contributed by atoms with Crippen molar-refractivity contribution < 1.29 is 9.47 Å². The van der Waals surface area contributed by atoms with Crippen LogP contribution in [0, 0.1) is 5.41 Å². The Labute approximate surface area is 105 Å². The van der Waals surface area contributed by atoms with Gasteiger partial charge in [0.15, 0.2) is 0 Å². The summed E-state index contributed by atoms with van der Waals surface area (Å²) >= 11 is 0. The van der Waals surface area contributed by atoms with Crippen molar-refractivity contribution in [2.75, 3.05) is 33.9 Å². The topological polar surface area (TPSA) is 47.7 Å². The van der Waals surface area contributed by atoms with Crippen LogP contribution in [0.4, 0.5) is 0 Å². The van der Waals surface area contributed by atoms with E-state index in [1.54, 1.807) is 14.2 Å². The molecular weight excluding hydrogens is 216 g/mol. The van der Waals surface area contributed by atoms with E-state index in [2.05, 4.69) is 32.6 Å². The molecule has 1 fully saturated rings. The molecule has 2 unspecified atom stereocenters.